The fourth-order valence-electron chi connectivity index (χ4n) is 11.3. The van der Waals surface area contributed by atoms with Gasteiger partial charge in [0, 0.05) is 25.7 Å². The van der Waals surface area contributed by atoms with Crippen molar-refractivity contribution in [2.24, 2.45) is 0 Å². The molecule has 3 N–H and O–H groups in total. The molecule has 0 bridgehead atoms. The first kappa shape index (κ1) is 96.8. The van der Waals surface area contributed by atoms with Crippen LogP contribution in [0.2, 0.25) is 0 Å². The maximum absolute atomic E-state index is 13.1. The topological polar surface area (TPSA) is 237 Å². The number of hydrogen-bond donors (Lipinski definition) is 3. The third-order valence-corrected chi connectivity index (χ3v) is 19.4. The molecule has 0 spiro atoms. The van der Waals surface area contributed by atoms with E-state index in [1.165, 1.54) is 148 Å². The Morgan fingerprint density at radius 3 is 0.810 bits per heavy atom. The molecule has 5 atom stereocenters. The lowest BCUT2D eigenvalue weighted by Gasteiger charge is -2.21. The van der Waals surface area contributed by atoms with Crippen molar-refractivity contribution < 1.29 is 80.2 Å². The largest absolute Gasteiger partial charge is 0.472 e. The first-order valence-corrected chi connectivity index (χ1v) is 43.5. The van der Waals surface area contributed by atoms with Gasteiger partial charge in [0.05, 0.1) is 26.4 Å². The zero-order valence-electron chi connectivity index (χ0n) is 63.9. The molecule has 0 saturated carbocycles. The molecule has 0 aliphatic heterocycles. The van der Waals surface area contributed by atoms with Crippen LogP contribution in [0.1, 0.15) is 374 Å². The van der Waals surface area contributed by atoms with Crippen LogP contribution in [-0.2, 0) is 65.4 Å². The molecular formula is C81H148O17P2. The number of phosphoric ester groups is 2. The van der Waals surface area contributed by atoms with E-state index in [-0.39, 0.29) is 25.7 Å². The zero-order valence-corrected chi connectivity index (χ0v) is 65.7. The molecule has 0 fully saturated rings. The van der Waals surface area contributed by atoms with Crippen molar-refractivity contribution in [2.75, 3.05) is 39.6 Å². The Bertz CT molecular complexity index is 2130. The highest BCUT2D eigenvalue weighted by molar-refractivity contribution is 7.47. The van der Waals surface area contributed by atoms with Gasteiger partial charge in [-0.2, -0.15) is 0 Å². The SMILES string of the molecule is CC/C=C\C/C=C\C/C=C\C/C=C\CCCCCCCCC(=O)OCC(COP(=O)(O)OCC(O)COP(=O)(O)OCC(COC(=O)CCCCCCCCCCCCCCCCC)OC(=O)CCCCCCCCCCCCC)OC(=O)CCCCCCC/C=C\CCCCCCCC. The fraction of sp³-hybridized carbons (Fsp3) is 0.827. The number of esters is 4. The first-order valence-electron chi connectivity index (χ1n) is 40.5. The maximum atomic E-state index is 13.1. The van der Waals surface area contributed by atoms with Gasteiger partial charge in [0.15, 0.2) is 12.2 Å². The number of unbranched alkanes of at least 4 members (excludes halogenated alkanes) is 41. The Morgan fingerprint density at radius 1 is 0.290 bits per heavy atom. The predicted molar refractivity (Wildman–Crippen MR) is 409 cm³/mol. The highest BCUT2D eigenvalue weighted by Crippen LogP contribution is 2.45. The van der Waals surface area contributed by atoms with Crippen molar-refractivity contribution in [1.29, 1.82) is 0 Å². The Kier molecular flexibility index (Phi) is 71.6. The molecule has 0 aromatic rings. The lowest BCUT2D eigenvalue weighted by atomic mass is 10.0. The maximum Gasteiger partial charge on any atom is 0.472 e. The van der Waals surface area contributed by atoms with E-state index in [0.717, 1.165) is 148 Å². The molecular weight excluding hydrogens is 1310 g/mol. The number of carbonyl (C=O) groups excluding carboxylic acids is 4. The van der Waals surface area contributed by atoms with Gasteiger partial charge in [0.25, 0.3) is 0 Å². The highest BCUT2D eigenvalue weighted by Gasteiger charge is 2.30. The number of carbonyl (C=O) groups is 4. The molecule has 0 rings (SSSR count). The molecule has 100 heavy (non-hydrogen) atoms. The van der Waals surface area contributed by atoms with E-state index >= 15 is 0 Å². The van der Waals surface area contributed by atoms with Crippen molar-refractivity contribution in [3.8, 4) is 0 Å². The Balaban J connectivity index is 5.30. The average Bonchev–Trinajstić information content (AvgIpc) is 0.985. The molecule has 0 aliphatic rings. The molecule has 0 heterocycles. The molecule has 19 heteroatoms. The minimum Gasteiger partial charge on any atom is -0.462 e. The van der Waals surface area contributed by atoms with Gasteiger partial charge in [-0.15, -0.1) is 0 Å². The van der Waals surface area contributed by atoms with Gasteiger partial charge in [-0.3, -0.25) is 37.3 Å². The monoisotopic (exact) mass is 1460 g/mol. The number of aliphatic hydroxyl groups is 1. The van der Waals surface area contributed by atoms with E-state index in [2.05, 4.69) is 88.5 Å². The summed E-state index contributed by atoms with van der Waals surface area (Å²) < 4.78 is 68.6. The summed E-state index contributed by atoms with van der Waals surface area (Å²) in [7, 11) is -9.94. The summed E-state index contributed by atoms with van der Waals surface area (Å²) in [6, 6.07) is 0. The molecule has 17 nitrogen and oxygen atoms in total. The van der Waals surface area contributed by atoms with E-state index in [1.807, 2.05) is 0 Å². The normalized spacial score (nSPS) is 14.2. The molecule has 0 aromatic heterocycles. The average molecular weight is 1460 g/mol. The Hall–Kier alpha value is -3.24. The van der Waals surface area contributed by atoms with Gasteiger partial charge in [0.1, 0.15) is 19.3 Å². The van der Waals surface area contributed by atoms with E-state index in [1.54, 1.807) is 0 Å². The Morgan fingerprint density at radius 2 is 0.520 bits per heavy atom. The highest BCUT2D eigenvalue weighted by atomic mass is 31.2. The predicted octanol–water partition coefficient (Wildman–Crippen LogP) is 23.5. The van der Waals surface area contributed by atoms with Crippen LogP contribution in [0.15, 0.2) is 60.8 Å². The van der Waals surface area contributed by atoms with Crippen LogP contribution in [0, 0.1) is 0 Å². The van der Waals surface area contributed by atoms with Crippen LogP contribution in [0.3, 0.4) is 0 Å². The quantitative estimate of drug-likeness (QED) is 0.0169. The minimum atomic E-state index is -4.97. The third kappa shape index (κ3) is 73.1. The second-order valence-electron chi connectivity index (χ2n) is 27.3. The van der Waals surface area contributed by atoms with E-state index in [9.17, 15) is 43.2 Å². The first-order chi connectivity index (χ1) is 48.7. The number of hydrogen-bond acceptors (Lipinski definition) is 15. The summed E-state index contributed by atoms with van der Waals surface area (Å²) in [4.78, 5) is 73.0. The van der Waals surface area contributed by atoms with E-state index in [0.29, 0.717) is 25.7 Å². The third-order valence-electron chi connectivity index (χ3n) is 17.5. The van der Waals surface area contributed by atoms with Crippen LogP contribution in [0.4, 0.5) is 0 Å². The Labute approximate surface area is 610 Å². The minimum absolute atomic E-state index is 0.0856. The van der Waals surface area contributed by atoms with Crippen LogP contribution >= 0.6 is 15.6 Å². The molecule has 0 amide bonds. The van der Waals surface area contributed by atoms with Gasteiger partial charge in [-0.1, -0.05) is 320 Å². The molecule has 0 aliphatic carbocycles. The lowest BCUT2D eigenvalue weighted by Crippen LogP contribution is -2.30. The summed E-state index contributed by atoms with van der Waals surface area (Å²) in [5.74, 6) is -2.16. The van der Waals surface area contributed by atoms with Crippen molar-refractivity contribution in [3.63, 3.8) is 0 Å². The van der Waals surface area contributed by atoms with Crippen LogP contribution in [0.5, 0.6) is 0 Å². The summed E-state index contributed by atoms with van der Waals surface area (Å²) in [5, 5.41) is 10.6. The fourth-order valence-corrected chi connectivity index (χ4v) is 12.9. The molecule has 0 radical (unpaired) electrons. The van der Waals surface area contributed by atoms with E-state index in [4.69, 9.17) is 37.0 Å². The lowest BCUT2D eigenvalue weighted by molar-refractivity contribution is -0.161. The van der Waals surface area contributed by atoms with Crippen molar-refractivity contribution >= 4 is 39.5 Å². The van der Waals surface area contributed by atoms with Gasteiger partial charge >= 0.3 is 39.5 Å². The van der Waals surface area contributed by atoms with Gasteiger partial charge in [0.2, 0.25) is 0 Å². The number of allylic oxidation sites excluding steroid dienone is 10. The van der Waals surface area contributed by atoms with Gasteiger partial charge in [-0.05, 0) is 89.9 Å². The van der Waals surface area contributed by atoms with Crippen LogP contribution < -0.4 is 0 Å². The van der Waals surface area contributed by atoms with E-state index < -0.39 is 97.5 Å². The van der Waals surface area contributed by atoms with Crippen LogP contribution in [-0.4, -0.2) is 96.7 Å². The zero-order chi connectivity index (χ0) is 73.2. The summed E-state index contributed by atoms with van der Waals surface area (Å²) >= 11 is 0. The molecule has 0 aromatic carbocycles. The summed E-state index contributed by atoms with van der Waals surface area (Å²) in [6.45, 7) is 4.81. The summed E-state index contributed by atoms with van der Waals surface area (Å²) in [6.07, 6.45) is 73.4. The summed E-state index contributed by atoms with van der Waals surface area (Å²) in [5.41, 5.74) is 0. The van der Waals surface area contributed by atoms with Crippen LogP contribution in [0.25, 0.3) is 0 Å². The molecule has 584 valence electrons. The van der Waals surface area contributed by atoms with Gasteiger partial charge < -0.3 is 33.8 Å². The second kappa shape index (κ2) is 74.0. The smallest absolute Gasteiger partial charge is 0.462 e. The van der Waals surface area contributed by atoms with Crippen molar-refractivity contribution in [3.05, 3.63) is 60.8 Å². The molecule has 5 unspecified atom stereocenters. The van der Waals surface area contributed by atoms with Crippen molar-refractivity contribution in [2.45, 2.75) is 393 Å². The number of ether oxygens (including phenoxy) is 4. The molecule has 0 saturated heterocycles. The van der Waals surface area contributed by atoms with Crippen molar-refractivity contribution in [1.82, 2.24) is 0 Å². The standard InChI is InChI=1S/C81H148O17P2/c1-5-9-13-17-21-25-29-32-35-36-37-38-41-43-47-50-54-58-62-66-79(84)92-72-77(98-81(86)68-64-60-56-52-48-44-40-34-31-27-23-19-15-11-7-3)74-96-100(89,90)94-70-75(82)69-93-99(87,88)95-73-76(97-80(85)67-63-59-55-51-45-28-24-20-16-12-8-4)71-91-78(83)65-61-57-53-49-46-42-39-33-30-26-22-18-14-10-6-2/h9,13,21,25,32,34-35,37-38,40,75-77,82H,5-8,10-12,14-20,22-24,26-31,33,36,39,41-74H2,1-4H3,(H,87,88)(H,89,90)/b13-9-,25-21-,35-32-,38-37-,40-34-. The number of phosphoric acid groups is 2. The number of rotatable bonds is 77. The second-order valence-corrected chi connectivity index (χ2v) is 30.3. The van der Waals surface area contributed by atoms with Gasteiger partial charge in [-0.25, -0.2) is 9.13 Å². The number of aliphatic hydroxyl groups excluding tert-OH is 1.